The third-order valence-electron chi connectivity index (χ3n) is 3.70. The van der Waals surface area contributed by atoms with Gasteiger partial charge in [0.1, 0.15) is 0 Å². The van der Waals surface area contributed by atoms with Gasteiger partial charge in [0.25, 0.3) is 5.91 Å². The van der Waals surface area contributed by atoms with Gasteiger partial charge in [0.2, 0.25) is 0 Å². The van der Waals surface area contributed by atoms with E-state index >= 15 is 0 Å². The van der Waals surface area contributed by atoms with Crippen LogP contribution in [0.4, 0.5) is 0 Å². The second kappa shape index (κ2) is 13.1. The molecule has 0 atom stereocenters. The Morgan fingerprint density at radius 3 is 2.70 bits per heavy atom. The summed E-state index contributed by atoms with van der Waals surface area (Å²) >= 11 is 0. The molecule has 1 heterocycles. The summed E-state index contributed by atoms with van der Waals surface area (Å²) in [7, 11) is 0. The standard InChI is InChI=1S/C19H28N6O.HI/c1-3-20-19(22-9-5-13-25-14-6-10-24-25)23-12-11-21-18(26)17-8-4-7-16(2)15-17;/h4,6-8,10,14-15H,3,5,9,11-13H2,1-2H3,(H,21,26)(H2,20,22,23);1H. The van der Waals surface area contributed by atoms with Crippen LogP contribution in [0.25, 0.3) is 0 Å². The van der Waals surface area contributed by atoms with Gasteiger partial charge < -0.3 is 16.0 Å². The molecule has 0 unspecified atom stereocenters. The van der Waals surface area contributed by atoms with Gasteiger partial charge in [-0.3, -0.25) is 14.5 Å². The molecular weight excluding hydrogens is 455 g/mol. The molecule has 2 aromatic rings. The molecule has 0 spiro atoms. The van der Waals surface area contributed by atoms with E-state index in [-0.39, 0.29) is 29.9 Å². The van der Waals surface area contributed by atoms with E-state index < -0.39 is 0 Å². The van der Waals surface area contributed by atoms with Crippen molar-refractivity contribution in [3.05, 3.63) is 53.9 Å². The SMILES string of the molecule is CCNC(=NCCCn1cccn1)NCCNC(=O)c1cccc(C)c1.I. The number of carbonyl (C=O) groups is 1. The number of hydrogen-bond acceptors (Lipinski definition) is 3. The number of aryl methyl sites for hydroxylation is 2. The maximum atomic E-state index is 12.1. The van der Waals surface area contributed by atoms with E-state index in [1.54, 1.807) is 6.20 Å². The molecule has 0 fully saturated rings. The lowest BCUT2D eigenvalue weighted by Gasteiger charge is -2.12. The fourth-order valence-electron chi connectivity index (χ4n) is 2.44. The summed E-state index contributed by atoms with van der Waals surface area (Å²) in [6.45, 7) is 7.51. The number of nitrogens with zero attached hydrogens (tertiary/aromatic N) is 3. The van der Waals surface area contributed by atoms with Crippen LogP contribution < -0.4 is 16.0 Å². The molecule has 1 aromatic carbocycles. The highest BCUT2D eigenvalue weighted by molar-refractivity contribution is 14.0. The third kappa shape index (κ3) is 8.89. The summed E-state index contributed by atoms with van der Waals surface area (Å²) in [6, 6.07) is 9.49. The molecule has 27 heavy (non-hydrogen) atoms. The largest absolute Gasteiger partial charge is 0.357 e. The molecule has 1 aromatic heterocycles. The predicted molar refractivity (Wildman–Crippen MR) is 120 cm³/mol. The van der Waals surface area contributed by atoms with Gasteiger partial charge in [0.15, 0.2) is 5.96 Å². The lowest BCUT2D eigenvalue weighted by Crippen LogP contribution is -2.41. The maximum Gasteiger partial charge on any atom is 0.251 e. The van der Waals surface area contributed by atoms with Gasteiger partial charge in [0, 0.05) is 50.7 Å². The minimum Gasteiger partial charge on any atom is -0.357 e. The first-order valence-corrected chi connectivity index (χ1v) is 9.03. The van der Waals surface area contributed by atoms with Crippen molar-refractivity contribution in [2.75, 3.05) is 26.2 Å². The van der Waals surface area contributed by atoms with Crippen molar-refractivity contribution in [3.63, 3.8) is 0 Å². The Balaban J connectivity index is 0.00000364. The van der Waals surface area contributed by atoms with Crippen LogP contribution >= 0.6 is 24.0 Å². The van der Waals surface area contributed by atoms with Crippen LogP contribution in [-0.4, -0.2) is 47.8 Å². The van der Waals surface area contributed by atoms with Crippen LogP contribution in [0.2, 0.25) is 0 Å². The molecule has 0 aliphatic carbocycles. The van der Waals surface area contributed by atoms with Gasteiger partial charge in [0.05, 0.1) is 0 Å². The van der Waals surface area contributed by atoms with Crippen molar-refractivity contribution in [3.8, 4) is 0 Å². The minimum atomic E-state index is -0.0586. The maximum absolute atomic E-state index is 12.1. The fraction of sp³-hybridized carbons (Fsp3) is 0.421. The fourth-order valence-corrected chi connectivity index (χ4v) is 2.44. The predicted octanol–water partition coefficient (Wildman–Crippen LogP) is 2.18. The van der Waals surface area contributed by atoms with E-state index in [9.17, 15) is 4.79 Å². The monoisotopic (exact) mass is 484 g/mol. The van der Waals surface area contributed by atoms with Crippen molar-refractivity contribution in [2.24, 2.45) is 4.99 Å². The van der Waals surface area contributed by atoms with Crippen LogP contribution in [0.3, 0.4) is 0 Å². The second-order valence-corrected chi connectivity index (χ2v) is 5.94. The Morgan fingerprint density at radius 2 is 2.00 bits per heavy atom. The number of nitrogens with one attached hydrogen (secondary N) is 3. The molecule has 0 saturated carbocycles. The Kier molecular flexibility index (Phi) is 11.2. The molecule has 7 nitrogen and oxygen atoms in total. The topological polar surface area (TPSA) is 83.3 Å². The van der Waals surface area contributed by atoms with Crippen LogP contribution in [0, 0.1) is 6.92 Å². The Morgan fingerprint density at radius 1 is 1.19 bits per heavy atom. The first kappa shape index (κ1) is 22.9. The highest BCUT2D eigenvalue weighted by Crippen LogP contribution is 2.03. The lowest BCUT2D eigenvalue weighted by atomic mass is 10.1. The van der Waals surface area contributed by atoms with Crippen LogP contribution in [0.1, 0.15) is 29.3 Å². The van der Waals surface area contributed by atoms with E-state index in [2.05, 4.69) is 26.0 Å². The normalized spacial score (nSPS) is 10.8. The Hall–Kier alpha value is -2.10. The number of benzene rings is 1. The number of halogens is 1. The summed E-state index contributed by atoms with van der Waals surface area (Å²) in [4.78, 5) is 16.6. The van der Waals surface area contributed by atoms with Gasteiger partial charge in [-0.05, 0) is 38.5 Å². The summed E-state index contributed by atoms with van der Waals surface area (Å²) in [5, 5.41) is 13.5. The molecule has 3 N–H and O–H groups in total. The van der Waals surface area contributed by atoms with Gasteiger partial charge in [-0.2, -0.15) is 5.10 Å². The van der Waals surface area contributed by atoms with E-state index in [4.69, 9.17) is 0 Å². The summed E-state index contributed by atoms with van der Waals surface area (Å²) in [5.41, 5.74) is 1.76. The summed E-state index contributed by atoms with van der Waals surface area (Å²) in [6.07, 6.45) is 4.65. The molecule has 0 aliphatic rings. The molecule has 8 heteroatoms. The van der Waals surface area contributed by atoms with Crippen molar-refractivity contribution < 1.29 is 4.79 Å². The minimum absolute atomic E-state index is 0. The smallest absolute Gasteiger partial charge is 0.251 e. The quantitative estimate of drug-likeness (QED) is 0.221. The van der Waals surface area contributed by atoms with Gasteiger partial charge >= 0.3 is 0 Å². The van der Waals surface area contributed by atoms with Crippen LogP contribution in [0.15, 0.2) is 47.7 Å². The van der Waals surface area contributed by atoms with Crippen molar-refractivity contribution >= 4 is 35.8 Å². The average molecular weight is 484 g/mol. The highest BCUT2D eigenvalue weighted by atomic mass is 127. The Labute approximate surface area is 178 Å². The van der Waals surface area contributed by atoms with E-state index in [1.165, 1.54) is 0 Å². The molecule has 0 bridgehead atoms. The molecular formula is C19H29IN6O. The zero-order valence-electron chi connectivity index (χ0n) is 15.9. The third-order valence-corrected chi connectivity index (χ3v) is 3.70. The first-order valence-electron chi connectivity index (χ1n) is 9.03. The van der Waals surface area contributed by atoms with Crippen LogP contribution in [0.5, 0.6) is 0 Å². The number of rotatable bonds is 9. The van der Waals surface area contributed by atoms with E-state index in [1.807, 2.05) is 55.1 Å². The van der Waals surface area contributed by atoms with Gasteiger partial charge in [-0.1, -0.05) is 17.7 Å². The number of carbonyl (C=O) groups excluding carboxylic acids is 1. The lowest BCUT2D eigenvalue weighted by molar-refractivity contribution is 0.0954. The van der Waals surface area contributed by atoms with E-state index in [0.717, 1.165) is 31.0 Å². The number of guanidine groups is 1. The van der Waals surface area contributed by atoms with Crippen LogP contribution in [-0.2, 0) is 6.54 Å². The summed E-state index contributed by atoms with van der Waals surface area (Å²) in [5.74, 6) is 0.703. The summed E-state index contributed by atoms with van der Waals surface area (Å²) < 4.78 is 1.90. The second-order valence-electron chi connectivity index (χ2n) is 5.94. The Bertz CT molecular complexity index is 702. The highest BCUT2D eigenvalue weighted by Gasteiger charge is 2.04. The molecule has 0 radical (unpaired) electrons. The number of aliphatic imine (C=N–C) groups is 1. The van der Waals surface area contributed by atoms with Gasteiger partial charge in [-0.15, -0.1) is 24.0 Å². The number of amides is 1. The number of aromatic nitrogens is 2. The zero-order valence-corrected chi connectivity index (χ0v) is 18.3. The van der Waals surface area contributed by atoms with Crippen molar-refractivity contribution in [1.29, 1.82) is 0 Å². The van der Waals surface area contributed by atoms with Gasteiger partial charge in [-0.25, -0.2) is 0 Å². The molecule has 0 saturated heterocycles. The number of hydrogen-bond donors (Lipinski definition) is 3. The van der Waals surface area contributed by atoms with E-state index in [0.29, 0.717) is 25.2 Å². The zero-order chi connectivity index (χ0) is 18.6. The van der Waals surface area contributed by atoms with Crippen molar-refractivity contribution in [1.82, 2.24) is 25.7 Å². The van der Waals surface area contributed by atoms with Crippen molar-refractivity contribution in [2.45, 2.75) is 26.8 Å². The molecule has 148 valence electrons. The molecule has 2 rings (SSSR count). The molecule has 0 aliphatic heterocycles. The first-order chi connectivity index (χ1) is 12.7. The average Bonchev–Trinajstić information content (AvgIpc) is 3.15. The molecule has 1 amide bonds.